The van der Waals surface area contributed by atoms with Crippen molar-refractivity contribution in [1.29, 1.82) is 5.26 Å². The van der Waals surface area contributed by atoms with Crippen LogP contribution in [0.1, 0.15) is 32.0 Å². The topological polar surface area (TPSA) is 125 Å². The number of alkyl halides is 3. The molecule has 0 fully saturated rings. The number of benzene rings is 3. The second kappa shape index (κ2) is 8.83. The fourth-order valence-electron chi connectivity index (χ4n) is 3.55. The number of halogens is 3. The molecule has 11 heteroatoms. The van der Waals surface area contributed by atoms with Crippen LogP contribution >= 0.6 is 0 Å². The maximum Gasteiger partial charge on any atom is 0.417 e. The minimum atomic E-state index is -4.62. The van der Waals surface area contributed by atoms with E-state index in [0.717, 1.165) is 12.1 Å². The van der Waals surface area contributed by atoms with Crippen LogP contribution in [0.2, 0.25) is 0 Å². The van der Waals surface area contributed by atoms with Crippen molar-refractivity contribution in [2.45, 2.75) is 6.18 Å². The smallest absolute Gasteiger partial charge is 0.417 e. The standard InChI is InChI=1S/C24H14F3N3O5/c1-34-19-10-16-20(9-14(19)13-4-2-3-5-17(13)24(25,26)27)35-30-21(16)22(31)29-18-7-6-12(11-28)8-15(18)23(32)33/h2-10H,1H3,(H,29,31)(H,32,33). The van der Waals surface area contributed by atoms with Crippen LogP contribution in [-0.2, 0) is 6.18 Å². The lowest BCUT2D eigenvalue weighted by Crippen LogP contribution is -2.15. The van der Waals surface area contributed by atoms with Crippen molar-refractivity contribution in [3.63, 3.8) is 0 Å². The normalized spacial score (nSPS) is 11.2. The van der Waals surface area contributed by atoms with Crippen LogP contribution in [0.4, 0.5) is 18.9 Å². The van der Waals surface area contributed by atoms with Crippen LogP contribution in [0.15, 0.2) is 59.1 Å². The summed E-state index contributed by atoms with van der Waals surface area (Å²) < 4.78 is 51.1. The minimum Gasteiger partial charge on any atom is -0.496 e. The van der Waals surface area contributed by atoms with Gasteiger partial charge in [-0.05, 0) is 42.0 Å². The minimum absolute atomic E-state index is 0.0150. The summed E-state index contributed by atoms with van der Waals surface area (Å²) in [4.78, 5) is 24.4. The molecule has 4 aromatic rings. The SMILES string of the molecule is COc1cc2c(C(=O)Nc3ccc(C#N)cc3C(=O)O)noc2cc1-c1ccccc1C(F)(F)F. The molecule has 0 saturated heterocycles. The van der Waals surface area contributed by atoms with E-state index in [9.17, 15) is 27.9 Å². The monoisotopic (exact) mass is 481 g/mol. The molecule has 1 aromatic heterocycles. The first kappa shape index (κ1) is 23.3. The fourth-order valence-corrected chi connectivity index (χ4v) is 3.55. The molecule has 8 nitrogen and oxygen atoms in total. The van der Waals surface area contributed by atoms with Gasteiger partial charge in [0.1, 0.15) is 5.75 Å². The molecule has 0 aliphatic heterocycles. The highest BCUT2D eigenvalue weighted by Crippen LogP contribution is 2.42. The van der Waals surface area contributed by atoms with E-state index in [0.29, 0.717) is 0 Å². The zero-order valence-corrected chi connectivity index (χ0v) is 17.8. The van der Waals surface area contributed by atoms with E-state index in [1.807, 2.05) is 6.07 Å². The van der Waals surface area contributed by atoms with Crippen molar-refractivity contribution in [2.24, 2.45) is 0 Å². The Labute approximate surface area is 195 Å². The number of carbonyl (C=O) groups is 2. The van der Waals surface area contributed by atoms with Gasteiger partial charge in [0, 0.05) is 5.56 Å². The molecular weight excluding hydrogens is 467 g/mol. The molecule has 0 atom stereocenters. The summed E-state index contributed by atoms with van der Waals surface area (Å²) in [6, 6.07) is 13.1. The van der Waals surface area contributed by atoms with Gasteiger partial charge < -0.3 is 19.7 Å². The number of rotatable bonds is 5. The van der Waals surface area contributed by atoms with Crippen molar-refractivity contribution in [3.8, 4) is 22.9 Å². The van der Waals surface area contributed by atoms with Crippen LogP contribution in [0.5, 0.6) is 5.75 Å². The van der Waals surface area contributed by atoms with Crippen LogP contribution in [0, 0.1) is 11.3 Å². The van der Waals surface area contributed by atoms with Crippen molar-refractivity contribution >= 4 is 28.5 Å². The first-order chi connectivity index (χ1) is 16.6. The maximum absolute atomic E-state index is 13.5. The Balaban J connectivity index is 1.78. The zero-order valence-electron chi connectivity index (χ0n) is 17.8. The van der Waals surface area contributed by atoms with Crippen molar-refractivity contribution < 1.29 is 37.1 Å². The first-order valence-corrected chi connectivity index (χ1v) is 9.87. The summed E-state index contributed by atoms with van der Waals surface area (Å²) in [6.45, 7) is 0. The summed E-state index contributed by atoms with van der Waals surface area (Å²) in [7, 11) is 1.27. The van der Waals surface area contributed by atoms with Crippen molar-refractivity contribution in [1.82, 2.24) is 5.16 Å². The summed E-state index contributed by atoms with van der Waals surface area (Å²) in [6.07, 6.45) is -4.62. The molecule has 4 rings (SSSR count). The highest BCUT2D eigenvalue weighted by atomic mass is 19.4. The number of fused-ring (bicyclic) bond motifs is 1. The van der Waals surface area contributed by atoms with Crippen LogP contribution < -0.4 is 10.1 Å². The number of hydrogen-bond acceptors (Lipinski definition) is 6. The highest BCUT2D eigenvalue weighted by molar-refractivity contribution is 6.13. The second-order valence-corrected chi connectivity index (χ2v) is 7.25. The van der Waals surface area contributed by atoms with Gasteiger partial charge in [-0.25, -0.2) is 4.79 Å². The van der Waals surface area contributed by atoms with Gasteiger partial charge in [-0.15, -0.1) is 0 Å². The van der Waals surface area contributed by atoms with Crippen molar-refractivity contribution in [2.75, 3.05) is 12.4 Å². The predicted octanol–water partition coefficient (Wildman–Crippen LogP) is 5.34. The van der Waals surface area contributed by atoms with Gasteiger partial charge >= 0.3 is 12.1 Å². The average Bonchev–Trinajstić information content (AvgIpc) is 3.25. The molecule has 0 aliphatic carbocycles. The Morgan fingerprint density at radius 2 is 1.86 bits per heavy atom. The predicted molar refractivity (Wildman–Crippen MR) is 117 cm³/mol. The molecule has 0 saturated carbocycles. The van der Waals surface area contributed by atoms with Gasteiger partial charge in [-0.3, -0.25) is 4.79 Å². The quantitative estimate of drug-likeness (QED) is 0.394. The number of methoxy groups -OCH3 is 1. The van der Waals surface area contributed by atoms with Gasteiger partial charge in [-0.1, -0.05) is 23.4 Å². The average molecular weight is 481 g/mol. The number of anilines is 1. The largest absolute Gasteiger partial charge is 0.496 e. The van der Waals surface area contributed by atoms with Gasteiger partial charge in [-0.2, -0.15) is 18.4 Å². The van der Waals surface area contributed by atoms with E-state index >= 15 is 0 Å². The summed E-state index contributed by atoms with van der Waals surface area (Å²) in [5, 5.41) is 24.6. The summed E-state index contributed by atoms with van der Waals surface area (Å²) >= 11 is 0. The lowest BCUT2D eigenvalue weighted by molar-refractivity contribution is -0.137. The second-order valence-electron chi connectivity index (χ2n) is 7.25. The summed E-state index contributed by atoms with van der Waals surface area (Å²) in [5.41, 5.74) is -1.48. The Morgan fingerprint density at radius 1 is 1.11 bits per heavy atom. The molecule has 0 unspecified atom stereocenters. The number of nitriles is 1. The number of aromatic nitrogens is 1. The molecule has 35 heavy (non-hydrogen) atoms. The number of amides is 1. The van der Waals surface area contributed by atoms with Gasteiger partial charge in [0.25, 0.3) is 5.91 Å². The molecule has 0 radical (unpaired) electrons. The molecule has 1 heterocycles. The molecule has 0 bridgehead atoms. The van der Waals surface area contributed by atoms with Gasteiger partial charge in [0.15, 0.2) is 11.3 Å². The van der Waals surface area contributed by atoms with E-state index in [1.54, 1.807) is 0 Å². The molecule has 0 aliphatic rings. The molecule has 0 spiro atoms. The third-order valence-corrected chi connectivity index (χ3v) is 5.16. The lowest BCUT2D eigenvalue weighted by atomic mass is 9.97. The third kappa shape index (κ3) is 4.37. The fraction of sp³-hybridized carbons (Fsp3) is 0.0833. The molecule has 1 amide bonds. The Kier molecular flexibility index (Phi) is 5.88. The Hall–Kier alpha value is -4.85. The number of nitrogens with one attached hydrogen (secondary N) is 1. The van der Waals surface area contributed by atoms with E-state index < -0.39 is 23.6 Å². The van der Waals surface area contributed by atoms with E-state index in [4.69, 9.17) is 14.5 Å². The number of carbonyl (C=O) groups excluding carboxylic acids is 1. The number of ether oxygens (including phenoxy) is 1. The van der Waals surface area contributed by atoms with Gasteiger partial charge in [0.2, 0.25) is 0 Å². The molecule has 3 aromatic carbocycles. The van der Waals surface area contributed by atoms with Crippen molar-refractivity contribution in [3.05, 3.63) is 77.0 Å². The van der Waals surface area contributed by atoms with Crippen LogP contribution in [0.25, 0.3) is 22.1 Å². The van der Waals surface area contributed by atoms with Gasteiger partial charge in [0.05, 0.1) is 40.9 Å². The zero-order chi connectivity index (χ0) is 25.3. The number of hydrogen-bond donors (Lipinski definition) is 2. The first-order valence-electron chi connectivity index (χ1n) is 9.87. The number of carboxylic acids is 1. The number of aromatic carboxylic acids is 1. The van der Waals surface area contributed by atoms with E-state index in [1.165, 1.54) is 49.6 Å². The molecular formula is C24H14F3N3O5. The van der Waals surface area contributed by atoms with E-state index in [-0.39, 0.29) is 50.4 Å². The van der Waals surface area contributed by atoms with Crippen LogP contribution in [0.3, 0.4) is 0 Å². The lowest BCUT2D eigenvalue weighted by Gasteiger charge is -2.15. The summed E-state index contributed by atoms with van der Waals surface area (Å²) in [5.74, 6) is -2.16. The van der Waals surface area contributed by atoms with Crippen LogP contribution in [-0.4, -0.2) is 29.2 Å². The maximum atomic E-state index is 13.5. The van der Waals surface area contributed by atoms with E-state index in [2.05, 4.69) is 10.5 Å². The Morgan fingerprint density at radius 3 is 2.51 bits per heavy atom. The molecule has 2 N–H and O–H groups in total. The number of carboxylic acid groups (broad SMARTS) is 1. The highest BCUT2D eigenvalue weighted by Gasteiger charge is 2.34. The third-order valence-electron chi connectivity index (χ3n) is 5.16. The molecule has 176 valence electrons. The Bertz CT molecular complexity index is 1520. The number of nitrogens with zero attached hydrogens (tertiary/aromatic N) is 2.